The Hall–Kier alpha value is -2.02. The molecule has 2 aromatic rings. The number of amides is 1. The lowest BCUT2D eigenvalue weighted by Gasteiger charge is -2.12. The number of carboxylic acid groups (broad SMARTS) is 1. The van der Waals surface area contributed by atoms with Gasteiger partial charge >= 0.3 is 5.97 Å². The van der Waals surface area contributed by atoms with Gasteiger partial charge in [0.1, 0.15) is 6.04 Å². The molecule has 112 valence electrons. The van der Waals surface area contributed by atoms with E-state index in [1.54, 1.807) is 29.6 Å². The second-order valence-electron chi connectivity index (χ2n) is 4.64. The van der Waals surface area contributed by atoms with Crippen LogP contribution in [0.2, 0.25) is 0 Å². The van der Waals surface area contributed by atoms with E-state index in [9.17, 15) is 9.59 Å². The molecule has 0 bridgehead atoms. The number of nitrogens with one attached hydrogen (secondary N) is 1. The Morgan fingerprint density at radius 1 is 1.43 bits per heavy atom. The van der Waals surface area contributed by atoms with E-state index in [2.05, 4.69) is 10.4 Å². The number of aromatic nitrogens is 2. The molecule has 0 aliphatic heterocycles. The van der Waals surface area contributed by atoms with Crippen LogP contribution in [0.4, 0.5) is 0 Å². The lowest BCUT2D eigenvalue weighted by molar-refractivity contribution is -0.139. The van der Waals surface area contributed by atoms with E-state index in [-0.39, 0.29) is 5.69 Å². The highest BCUT2D eigenvalue weighted by Gasteiger charge is 2.23. The van der Waals surface area contributed by atoms with Crippen molar-refractivity contribution in [3.63, 3.8) is 0 Å². The molecule has 1 amide bonds. The molecule has 21 heavy (non-hydrogen) atoms. The summed E-state index contributed by atoms with van der Waals surface area (Å²) in [5, 5.41) is 16.6. The fourth-order valence-corrected chi connectivity index (χ4v) is 2.57. The van der Waals surface area contributed by atoms with Crippen LogP contribution in [-0.4, -0.2) is 44.8 Å². The molecule has 1 heterocycles. The van der Waals surface area contributed by atoms with Crippen LogP contribution in [0.1, 0.15) is 16.9 Å². The highest BCUT2D eigenvalue weighted by atomic mass is 32.2. The normalized spacial score (nSPS) is 12.3. The average Bonchev–Trinajstić information content (AvgIpc) is 2.81. The number of fused-ring (bicyclic) bond motifs is 1. The molecule has 2 N–H and O–H groups in total. The molecule has 1 atom stereocenters. The number of carbonyl (C=O) groups is 2. The summed E-state index contributed by atoms with van der Waals surface area (Å²) in [5.41, 5.74) is 1.09. The van der Waals surface area contributed by atoms with Gasteiger partial charge in [0, 0.05) is 12.4 Å². The number of hydrogen-bond donors (Lipinski definition) is 2. The van der Waals surface area contributed by atoms with Gasteiger partial charge in [-0.15, -0.1) is 0 Å². The number of carboxylic acids is 1. The van der Waals surface area contributed by atoms with Crippen LogP contribution in [0, 0.1) is 0 Å². The molecular weight excluding hydrogens is 290 g/mol. The van der Waals surface area contributed by atoms with Crippen LogP contribution in [0.15, 0.2) is 24.3 Å². The van der Waals surface area contributed by atoms with Gasteiger partial charge < -0.3 is 10.4 Å². The van der Waals surface area contributed by atoms with Crippen molar-refractivity contribution >= 4 is 34.5 Å². The molecule has 2 rings (SSSR count). The zero-order valence-corrected chi connectivity index (χ0v) is 12.7. The van der Waals surface area contributed by atoms with E-state index in [1.807, 2.05) is 24.5 Å². The third-order valence-electron chi connectivity index (χ3n) is 3.19. The van der Waals surface area contributed by atoms with Crippen LogP contribution >= 0.6 is 11.8 Å². The first kappa shape index (κ1) is 15.4. The Balaban J connectivity index is 2.23. The molecular formula is C14H17N3O3S. The van der Waals surface area contributed by atoms with Gasteiger partial charge in [0.2, 0.25) is 0 Å². The Morgan fingerprint density at radius 3 is 2.81 bits per heavy atom. The second kappa shape index (κ2) is 6.62. The van der Waals surface area contributed by atoms with Crippen molar-refractivity contribution in [3.8, 4) is 0 Å². The highest BCUT2D eigenvalue weighted by molar-refractivity contribution is 7.98. The summed E-state index contributed by atoms with van der Waals surface area (Å²) in [6.45, 7) is 0. The van der Waals surface area contributed by atoms with Crippen LogP contribution < -0.4 is 5.32 Å². The maximum absolute atomic E-state index is 12.3. The number of rotatable bonds is 6. The molecule has 0 aliphatic rings. The molecule has 6 nitrogen and oxygen atoms in total. The number of carbonyl (C=O) groups excluding carboxylic acids is 1. The van der Waals surface area contributed by atoms with E-state index in [0.717, 1.165) is 5.52 Å². The molecule has 0 aliphatic carbocycles. The Morgan fingerprint density at radius 2 is 2.14 bits per heavy atom. The monoisotopic (exact) mass is 307 g/mol. The summed E-state index contributed by atoms with van der Waals surface area (Å²) in [7, 11) is 1.75. The zero-order chi connectivity index (χ0) is 15.4. The van der Waals surface area contributed by atoms with Crippen LogP contribution in [-0.2, 0) is 11.8 Å². The second-order valence-corrected chi connectivity index (χ2v) is 5.62. The first-order chi connectivity index (χ1) is 10.0. The lowest BCUT2D eigenvalue weighted by Crippen LogP contribution is -2.41. The van der Waals surface area contributed by atoms with Crippen LogP contribution in [0.3, 0.4) is 0 Å². The Labute approximate surface area is 126 Å². The van der Waals surface area contributed by atoms with E-state index >= 15 is 0 Å². The zero-order valence-electron chi connectivity index (χ0n) is 11.9. The van der Waals surface area contributed by atoms with Crippen molar-refractivity contribution in [1.82, 2.24) is 15.1 Å². The molecule has 1 aromatic carbocycles. The molecule has 0 unspecified atom stereocenters. The van der Waals surface area contributed by atoms with E-state index in [1.165, 1.54) is 0 Å². The molecule has 1 aromatic heterocycles. The largest absolute Gasteiger partial charge is 0.480 e. The van der Waals surface area contributed by atoms with Crippen molar-refractivity contribution in [2.24, 2.45) is 7.05 Å². The maximum Gasteiger partial charge on any atom is 0.326 e. The minimum atomic E-state index is -1.03. The number of para-hydroxylation sites is 1. The summed E-state index contributed by atoms with van der Waals surface area (Å²) in [6.07, 6.45) is 2.28. The van der Waals surface area contributed by atoms with Crippen molar-refractivity contribution in [1.29, 1.82) is 0 Å². The Kier molecular flexibility index (Phi) is 4.85. The van der Waals surface area contributed by atoms with Gasteiger partial charge in [-0.3, -0.25) is 9.48 Å². The maximum atomic E-state index is 12.3. The predicted octanol–water partition coefficient (Wildman–Crippen LogP) is 1.51. The number of aryl methyl sites for hydroxylation is 1. The van der Waals surface area contributed by atoms with Gasteiger partial charge in [-0.05, 0) is 24.5 Å². The third kappa shape index (κ3) is 3.36. The summed E-state index contributed by atoms with van der Waals surface area (Å²) in [4.78, 5) is 23.5. The van der Waals surface area contributed by atoms with Crippen molar-refractivity contribution in [2.75, 3.05) is 12.0 Å². The number of nitrogens with zero attached hydrogens (tertiary/aromatic N) is 2. The van der Waals surface area contributed by atoms with E-state index in [4.69, 9.17) is 5.11 Å². The van der Waals surface area contributed by atoms with Crippen molar-refractivity contribution in [2.45, 2.75) is 12.5 Å². The van der Waals surface area contributed by atoms with Gasteiger partial charge in [-0.25, -0.2) is 4.79 Å². The summed E-state index contributed by atoms with van der Waals surface area (Å²) in [6, 6.07) is 6.45. The quantitative estimate of drug-likeness (QED) is 0.845. The standard InChI is InChI=1S/C14H17N3O3S/c1-17-11-6-4-3-5-9(11)12(16-17)13(18)15-10(14(19)20)7-8-21-2/h3-6,10H,7-8H2,1-2H3,(H,15,18)(H,19,20)/t10-/m0/s1. The van der Waals surface area contributed by atoms with Gasteiger partial charge in [-0.2, -0.15) is 16.9 Å². The van der Waals surface area contributed by atoms with Crippen LogP contribution in [0.25, 0.3) is 10.9 Å². The topological polar surface area (TPSA) is 84.2 Å². The van der Waals surface area contributed by atoms with Crippen molar-refractivity contribution in [3.05, 3.63) is 30.0 Å². The molecule has 0 spiro atoms. The first-order valence-electron chi connectivity index (χ1n) is 6.49. The fraction of sp³-hybridized carbons (Fsp3) is 0.357. The third-order valence-corrected chi connectivity index (χ3v) is 3.83. The number of thioether (sulfide) groups is 1. The smallest absolute Gasteiger partial charge is 0.326 e. The van der Waals surface area contributed by atoms with E-state index < -0.39 is 17.9 Å². The summed E-state index contributed by atoms with van der Waals surface area (Å²) < 4.78 is 1.61. The first-order valence-corrected chi connectivity index (χ1v) is 7.88. The SMILES string of the molecule is CSCC[C@H](NC(=O)c1nn(C)c2ccccc12)C(=O)O. The Bertz CT molecular complexity index is 669. The molecule has 0 radical (unpaired) electrons. The minimum Gasteiger partial charge on any atom is -0.480 e. The summed E-state index contributed by atoms with van der Waals surface area (Å²) in [5.74, 6) is -0.821. The molecule has 0 saturated carbocycles. The predicted molar refractivity (Wildman–Crippen MR) is 82.6 cm³/mol. The van der Waals surface area contributed by atoms with Gasteiger partial charge in [-0.1, -0.05) is 18.2 Å². The number of benzene rings is 1. The molecule has 0 saturated heterocycles. The minimum absolute atomic E-state index is 0.253. The summed E-state index contributed by atoms with van der Waals surface area (Å²) >= 11 is 1.54. The van der Waals surface area contributed by atoms with E-state index in [0.29, 0.717) is 17.6 Å². The molecule has 0 fully saturated rings. The average molecular weight is 307 g/mol. The lowest BCUT2D eigenvalue weighted by atomic mass is 10.1. The number of aliphatic carboxylic acids is 1. The van der Waals surface area contributed by atoms with Crippen LogP contribution in [0.5, 0.6) is 0 Å². The van der Waals surface area contributed by atoms with Gasteiger partial charge in [0.05, 0.1) is 5.52 Å². The van der Waals surface area contributed by atoms with Gasteiger partial charge in [0.25, 0.3) is 5.91 Å². The number of hydrogen-bond acceptors (Lipinski definition) is 4. The van der Waals surface area contributed by atoms with Gasteiger partial charge in [0.15, 0.2) is 5.69 Å². The molecule has 7 heteroatoms. The fourth-order valence-electron chi connectivity index (χ4n) is 2.10. The highest BCUT2D eigenvalue weighted by Crippen LogP contribution is 2.17. The van der Waals surface area contributed by atoms with Crippen molar-refractivity contribution < 1.29 is 14.7 Å².